The molecule has 0 aliphatic heterocycles. The van der Waals surface area contributed by atoms with Crippen molar-refractivity contribution in [1.29, 1.82) is 0 Å². The van der Waals surface area contributed by atoms with Gasteiger partial charge in [-0.05, 0) is 30.7 Å². The van der Waals surface area contributed by atoms with Gasteiger partial charge in [0.25, 0.3) is 0 Å². The van der Waals surface area contributed by atoms with Crippen LogP contribution in [0.5, 0.6) is 5.75 Å². The highest BCUT2D eigenvalue weighted by Gasteiger charge is 2.14. The molecule has 0 spiro atoms. The molecule has 108 valence electrons. The van der Waals surface area contributed by atoms with E-state index < -0.39 is 11.6 Å². The number of nitrogens with zero attached hydrogens (tertiary/aromatic N) is 1. The molecule has 2 aromatic rings. The first kappa shape index (κ1) is 14.8. The third kappa shape index (κ3) is 3.72. The first-order chi connectivity index (χ1) is 9.97. The van der Waals surface area contributed by atoms with Crippen LogP contribution in [-0.4, -0.2) is 21.7 Å². The second-order valence-corrected chi connectivity index (χ2v) is 4.73. The van der Waals surface area contributed by atoms with Crippen LogP contribution in [0.2, 0.25) is 0 Å². The third-order valence-corrected chi connectivity index (χ3v) is 2.99. The largest absolute Gasteiger partial charge is 0.506 e. The van der Waals surface area contributed by atoms with Gasteiger partial charge in [-0.1, -0.05) is 12.1 Å². The number of Topliss-reactive ketones (excluding diaryl/α,β-unsaturated/α-hetero) is 2. The number of carbonyl (C=O) groups is 2. The lowest BCUT2D eigenvalue weighted by atomic mass is 10.0. The number of pyridine rings is 1. The van der Waals surface area contributed by atoms with Gasteiger partial charge in [-0.3, -0.25) is 4.79 Å². The molecule has 0 saturated carbocycles. The zero-order valence-corrected chi connectivity index (χ0v) is 11.5. The van der Waals surface area contributed by atoms with Crippen molar-refractivity contribution in [3.8, 4) is 16.9 Å². The molecular formula is C16H14FNO3. The van der Waals surface area contributed by atoms with E-state index in [9.17, 15) is 19.1 Å². The molecule has 0 amide bonds. The zero-order chi connectivity index (χ0) is 15.4. The van der Waals surface area contributed by atoms with Crippen LogP contribution in [0.15, 0.2) is 36.5 Å². The lowest BCUT2D eigenvalue weighted by molar-refractivity contribution is -0.116. The zero-order valence-electron chi connectivity index (χ0n) is 11.5. The minimum absolute atomic E-state index is 0.00913. The minimum Gasteiger partial charge on any atom is -0.506 e. The predicted molar refractivity (Wildman–Crippen MR) is 75.5 cm³/mol. The van der Waals surface area contributed by atoms with Crippen LogP contribution in [0, 0.1) is 5.82 Å². The Morgan fingerprint density at radius 3 is 2.57 bits per heavy atom. The van der Waals surface area contributed by atoms with Gasteiger partial charge in [0.15, 0.2) is 5.78 Å². The molecule has 0 unspecified atom stereocenters. The molecule has 0 saturated heterocycles. The fraction of sp³-hybridized carbons (Fsp3) is 0.188. The highest BCUT2D eigenvalue weighted by Crippen LogP contribution is 2.26. The molecule has 2 rings (SSSR count). The molecule has 0 aliphatic carbocycles. The van der Waals surface area contributed by atoms with E-state index in [2.05, 4.69) is 4.98 Å². The summed E-state index contributed by atoms with van der Waals surface area (Å²) in [6, 6.07) is 7.22. The summed E-state index contributed by atoms with van der Waals surface area (Å²) in [6.45, 7) is 1.40. The van der Waals surface area contributed by atoms with E-state index in [-0.39, 0.29) is 30.1 Å². The van der Waals surface area contributed by atoms with Gasteiger partial charge < -0.3 is 9.90 Å². The average molecular weight is 287 g/mol. The second-order valence-electron chi connectivity index (χ2n) is 4.73. The number of benzene rings is 1. The average Bonchev–Trinajstić information content (AvgIpc) is 2.44. The fourth-order valence-corrected chi connectivity index (χ4v) is 1.90. The van der Waals surface area contributed by atoms with Gasteiger partial charge in [-0.15, -0.1) is 0 Å². The van der Waals surface area contributed by atoms with Crippen LogP contribution in [-0.2, 0) is 4.79 Å². The Labute approximate surface area is 121 Å². The summed E-state index contributed by atoms with van der Waals surface area (Å²) in [5.41, 5.74) is 0.993. The molecule has 0 bridgehead atoms. The number of hydrogen-bond donors (Lipinski definition) is 1. The Morgan fingerprint density at radius 1 is 1.19 bits per heavy atom. The number of carbonyl (C=O) groups excluding carboxylic acids is 2. The molecule has 1 N–H and O–H groups in total. The summed E-state index contributed by atoms with van der Waals surface area (Å²) in [5.74, 6) is -1.16. The summed E-state index contributed by atoms with van der Waals surface area (Å²) in [6.07, 6.45) is 1.52. The van der Waals surface area contributed by atoms with Gasteiger partial charge in [0.05, 0.1) is 0 Å². The predicted octanol–water partition coefficient (Wildman–Crippen LogP) is 3.15. The summed E-state index contributed by atoms with van der Waals surface area (Å²) in [4.78, 5) is 26.6. The first-order valence-corrected chi connectivity index (χ1v) is 6.45. The van der Waals surface area contributed by atoms with Crippen LogP contribution < -0.4 is 0 Å². The quantitative estimate of drug-likeness (QED) is 0.858. The number of ketones is 2. The van der Waals surface area contributed by atoms with Gasteiger partial charge in [0.2, 0.25) is 0 Å². The smallest absolute Gasteiger partial charge is 0.185 e. The number of halogens is 1. The summed E-state index contributed by atoms with van der Waals surface area (Å²) < 4.78 is 13.2. The summed E-state index contributed by atoms with van der Waals surface area (Å²) in [7, 11) is 0. The molecule has 5 heteroatoms. The van der Waals surface area contributed by atoms with Gasteiger partial charge in [-0.2, -0.15) is 0 Å². The Bertz CT molecular complexity index is 698. The Balaban J connectivity index is 2.25. The van der Waals surface area contributed by atoms with Gasteiger partial charge in [0.1, 0.15) is 23.0 Å². The molecule has 1 aromatic heterocycles. The van der Waals surface area contributed by atoms with Crippen molar-refractivity contribution >= 4 is 11.6 Å². The molecule has 0 aliphatic rings. The summed E-state index contributed by atoms with van der Waals surface area (Å²) >= 11 is 0. The highest BCUT2D eigenvalue weighted by atomic mass is 19.1. The molecule has 0 radical (unpaired) electrons. The van der Waals surface area contributed by atoms with E-state index in [0.717, 1.165) is 0 Å². The standard InChI is InChI=1S/C16H14FNO3/c1-10(19)5-6-14(20)16-15(21)8-12(9-18-16)11-3-2-4-13(17)7-11/h2-4,7-9,21H,5-6H2,1H3. The number of rotatable bonds is 5. The van der Waals surface area contributed by atoms with E-state index in [1.54, 1.807) is 12.1 Å². The van der Waals surface area contributed by atoms with Crippen LogP contribution in [0.3, 0.4) is 0 Å². The van der Waals surface area contributed by atoms with Gasteiger partial charge >= 0.3 is 0 Å². The van der Waals surface area contributed by atoms with E-state index >= 15 is 0 Å². The van der Waals surface area contributed by atoms with Crippen molar-refractivity contribution in [3.63, 3.8) is 0 Å². The van der Waals surface area contributed by atoms with Crippen molar-refractivity contribution in [2.75, 3.05) is 0 Å². The van der Waals surface area contributed by atoms with Crippen molar-refractivity contribution in [1.82, 2.24) is 4.98 Å². The van der Waals surface area contributed by atoms with Gasteiger partial charge in [-0.25, -0.2) is 9.37 Å². The van der Waals surface area contributed by atoms with Crippen molar-refractivity contribution < 1.29 is 19.1 Å². The Hall–Kier alpha value is -2.56. The number of hydrogen-bond acceptors (Lipinski definition) is 4. The van der Waals surface area contributed by atoms with E-state index in [0.29, 0.717) is 11.1 Å². The lowest BCUT2D eigenvalue weighted by Gasteiger charge is -2.06. The Kier molecular flexibility index (Phi) is 4.42. The molecule has 0 atom stereocenters. The number of aromatic hydroxyl groups is 1. The first-order valence-electron chi connectivity index (χ1n) is 6.45. The van der Waals surface area contributed by atoms with Crippen LogP contribution in [0.4, 0.5) is 4.39 Å². The molecule has 4 nitrogen and oxygen atoms in total. The third-order valence-electron chi connectivity index (χ3n) is 2.99. The normalized spacial score (nSPS) is 10.4. The van der Waals surface area contributed by atoms with Crippen molar-refractivity contribution in [2.24, 2.45) is 0 Å². The Morgan fingerprint density at radius 2 is 1.95 bits per heavy atom. The lowest BCUT2D eigenvalue weighted by Crippen LogP contribution is -2.05. The maximum Gasteiger partial charge on any atom is 0.185 e. The van der Waals surface area contributed by atoms with Crippen LogP contribution in [0.25, 0.3) is 11.1 Å². The molecule has 21 heavy (non-hydrogen) atoms. The monoisotopic (exact) mass is 287 g/mol. The van der Waals surface area contributed by atoms with Crippen LogP contribution in [0.1, 0.15) is 30.3 Å². The van der Waals surface area contributed by atoms with E-state index in [1.165, 1.54) is 31.3 Å². The summed E-state index contributed by atoms with van der Waals surface area (Å²) in [5, 5.41) is 9.90. The van der Waals surface area contributed by atoms with Crippen molar-refractivity contribution in [2.45, 2.75) is 19.8 Å². The molecular weight excluding hydrogens is 273 g/mol. The second kappa shape index (κ2) is 6.26. The minimum atomic E-state index is -0.395. The van der Waals surface area contributed by atoms with Crippen molar-refractivity contribution in [3.05, 3.63) is 48.0 Å². The van der Waals surface area contributed by atoms with E-state index in [4.69, 9.17) is 0 Å². The maximum atomic E-state index is 13.2. The molecule has 0 fully saturated rings. The van der Waals surface area contributed by atoms with E-state index in [1.807, 2.05) is 0 Å². The molecule has 1 aromatic carbocycles. The number of aromatic nitrogens is 1. The molecule has 1 heterocycles. The SMILES string of the molecule is CC(=O)CCC(=O)c1ncc(-c2cccc(F)c2)cc1O. The topological polar surface area (TPSA) is 67.3 Å². The van der Waals surface area contributed by atoms with Gasteiger partial charge in [0, 0.05) is 24.6 Å². The maximum absolute atomic E-state index is 13.2. The fourth-order valence-electron chi connectivity index (χ4n) is 1.90. The van der Waals surface area contributed by atoms with Crippen LogP contribution >= 0.6 is 0 Å². The highest BCUT2D eigenvalue weighted by molar-refractivity contribution is 5.98.